The molecule has 0 aliphatic rings. The Labute approximate surface area is 199 Å². The summed E-state index contributed by atoms with van der Waals surface area (Å²) in [5, 5.41) is 7.71. The number of thiophene rings is 1. The van der Waals surface area contributed by atoms with Crippen molar-refractivity contribution in [2.24, 2.45) is 5.10 Å². The van der Waals surface area contributed by atoms with Gasteiger partial charge in [-0.25, -0.2) is 5.43 Å². The first-order valence-corrected chi connectivity index (χ1v) is 11.3. The molecule has 0 aliphatic carbocycles. The third-order valence-electron chi connectivity index (χ3n) is 4.68. The number of carbonyl (C=O) groups is 2. The van der Waals surface area contributed by atoms with Gasteiger partial charge in [0.1, 0.15) is 17.2 Å². The molecule has 8 heteroatoms. The lowest BCUT2D eigenvalue weighted by molar-refractivity contribution is -0.120. The summed E-state index contributed by atoms with van der Waals surface area (Å²) in [6.07, 6.45) is 1.52. The van der Waals surface area contributed by atoms with Crippen LogP contribution in [0.3, 0.4) is 0 Å². The van der Waals surface area contributed by atoms with Crippen LogP contribution in [0.5, 0.6) is 5.75 Å². The van der Waals surface area contributed by atoms with E-state index >= 15 is 0 Å². The molecule has 0 fully saturated rings. The van der Waals surface area contributed by atoms with Gasteiger partial charge in [0.2, 0.25) is 0 Å². The maximum atomic E-state index is 12.4. The van der Waals surface area contributed by atoms with Gasteiger partial charge in [-0.2, -0.15) is 5.10 Å². The van der Waals surface area contributed by atoms with Gasteiger partial charge in [0.15, 0.2) is 0 Å². The molecular formula is C25H20ClN3O3S. The molecule has 0 saturated carbocycles. The quantitative estimate of drug-likeness (QED) is 0.276. The molecule has 0 atom stereocenters. The molecule has 6 nitrogen and oxygen atoms in total. The Hall–Kier alpha value is -3.68. The molecule has 2 amide bonds. The van der Waals surface area contributed by atoms with Crippen LogP contribution in [0.1, 0.15) is 20.8 Å². The molecule has 2 N–H and O–H groups in total. The maximum absolute atomic E-state index is 12.4. The number of fused-ring (bicyclic) bond motifs is 1. The second kappa shape index (κ2) is 10.8. The fourth-order valence-electron chi connectivity index (χ4n) is 3.01. The topological polar surface area (TPSA) is 79.8 Å². The number of amides is 2. The number of ether oxygens (including phenoxy) is 1. The summed E-state index contributed by atoms with van der Waals surface area (Å²) in [5.41, 5.74) is 4.28. The highest BCUT2D eigenvalue weighted by Crippen LogP contribution is 2.34. The number of hydrogen-bond acceptors (Lipinski definition) is 5. The van der Waals surface area contributed by atoms with Crippen LogP contribution in [0.4, 0.5) is 0 Å². The highest BCUT2D eigenvalue weighted by molar-refractivity contribution is 7.21. The molecule has 1 aromatic heterocycles. The van der Waals surface area contributed by atoms with E-state index in [-0.39, 0.29) is 6.54 Å². The Morgan fingerprint density at radius 2 is 1.70 bits per heavy atom. The fraction of sp³-hybridized carbons (Fsp3) is 0.0800. The van der Waals surface area contributed by atoms with Crippen LogP contribution in [-0.4, -0.2) is 24.6 Å². The summed E-state index contributed by atoms with van der Waals surface area (Å²) in [6.45, 7) is 0.274. The average Bonchev–Trinajstić information content (AvgIpc) is 3.19. The summed E-state index contributed by atoms with van der Waals surface area (Å²) >= 11 is 7.58. The van der Waals surface area contributed by atoms with Gasteiger partial charge in [0.05, 0.1) is 17.8 Å². The zero-order valence-electron chi connectivity index (χ0n) is 17.5. The molecule has 4 rings (SSSR count). The van der Waals surface area contributed by atoms with Crippen LogP contribution in [-0.2, 0) is 11.4 Å². The Balaban J connectivity index is 1.23. The van der Waals surface area contributed by atoms with Crippen LogP contribution in [0.25, 0.3) is 10.1 Å². The average molecular weight is 478 g/mol. The number of carbonyl (C=O) groups excluding carboxylic acids is 2. The molecule has 0 radical (unpaired) electrons. The second-order valence-electron chi connectivity index (χ2n) is 7.06. The largest absolute Gasteiger partial charge is 0.489 e. The van der Waals surface area contributed by atoms with E-state index in [2.05, 4.69) is 15.8 Å². The number of nitrogens with zero attached hydrogens (tertiary/aromatic N) is 1. The van der Waals surface area contributed by atoms with Crippen LogP contribution in [0.2, 0.25) is 5.02 Å². The summed E-state index contributed by atoms with van der Waals surface area (Å²) in [5.74, 6) is -0.103. The van der Waals surface area contributed by atoms with Crippen LogP contribution in [0.15, 0.2) is 84.0 Å². The van der Waals surface area contributed by atoms with Crippen LogP contribution < -0.4 is 15.5 Å². The molecule has 0 aliphatic heterocycles. The standard InChI is InChI=1S/C25H20ClN3O3S/c26-23-20-8-4-5-9-21(20)33-24(23)25(31)27-15-22(30)29-28-14-17-10-12-19(13-11-17)32-16-18-6-2-1-3-7-18/h1-14H,15-16H2,(H,27,31)(H,29,30). The van der Waals surface area contributed by atoms with Crippen molar-refractivity contribution in [1.29, 1.82) is 0 Å². The molecule has 0 saturated heterocycles. The second-order valence-corrected chi connectivity index (χ2v) is 8.49. The molecule has 3 aromatic carbocycles. The van der Waals surface area contributed by atoms with E-state index < -0.39 is 11.8 Å². The van der Waals surface area contributed by atoms with Crippen molar-refractivity contribution in [3.8, 4) is 5.75 Å². The van der Waals surface area contributed by atoms with Crippen molar-refractivity contribution < 1.29 is 14.3 Å². The summed E-state index contributed by atoms with van der Waals surface area (Å²) in [6, 6.07) is 24.7. The molecular weight excluding hydrogens is 458 g/mol. The summed E-state index contributed by atoms with van der Waals surface area (Å²) in [7, 11) is 0. The lowest BCUT2D eigenvalue weighted by atomic mass is 10.2. The van der Waals surface area contributed by atoms with E-state index in [1.54, 1.807) is 0 Å². The van der Waals surface area contributed by atoms with E-state index in [1.807, 2.05) is 78.9 Å². The minimum atomic E-state index is -0.445. The highest BCUT2D eigenvalue weighted by atomic mass is 35.5. The predicted molar refractivity (Wildman–Crippen MR) is 132 cm³/mol. The van der Waals surface area contributed by atoms with E-state index in [9.17, 15) is 9.59 Å². The van der Waals surface area contributed by atoms with Gasteiger partial charge in [0, 0.05) is 10.1 Å². The lowest BCUT2D eigenvalue weighted by Crippen LogP contribution is -2.34. The summed E-state index contributed by atoms with van der Waals surface area (Å²) in [4.78, 5) is 24.8. The number of hydrazone groups is 1. The van der Waals surface area contributed by atoms with E-state index in [1.165, 1.54) is 17.6 Å². The van der Waals surface area contributed by atoms with Gasteiger partial charge in [-0.1, -0.05) is 60.1 Å². The van der Waals surface area contributed by atoms with Gasteiger partial charge in [-0.15, -0.1) is 11.3 Å². The van der Waals surface area contributed by atoms with Gasteiger partial charge in [-0.05, 0) is 41.5 Å². The predicted octanol–water partition coefficient (Wildman–Crippen LogP) is 5.01. The fourth-order valence-corrected chi connectivity index (χ4v) is 4.44. The third-order valence-corrected chi connectivity index (χ3v) is 6.36. The molecule has 0 spiro atoms. The SMILES string of the molecule is O=C(CNC(=O)c1sc2ccccc2c1Cl)NN=Cc1ccc(OCc2ccccc2)cc1. The first kappa shape index (κ1) is 22.5. The number of rotatable bonds is 8. The van der Waals surface area contributed by atoms with Crippen molar-refractivity contribution in [2.45, 2.75) is 6.61 Å². The van der Waals surface area contributed by atoms with E-state index in [4.69, 9.17) is 16.3 Å². The van der Waals surface area contributed by atoms with Crippen molar-refractivity contribution in [3.05, 3.63) is 99.9 Å². The van der Waals surface area contributed by atoms with Crippen molar-refractivity contribution in [2.75, 3.05) is 6.54 Å². The van der Waals surface area contributed by atoms with Crippen molar-refractivity contribution >= 4 is 51.1 Å². The highest BCUT2D eigenvalue weighted by Gasteiger charge is 2.17. The van der Waals surface area contributed by atoms with Gasteiger partial charge >= 0.3 is 0 Å². The molecule has 1 heterocycles. The van der Waals surface area contributed by atoms with Gasteiger partial charge in [0.25, 0.3) is 11.8 Å². The summed E-state index contributed by atoms with van der Waals surface area (Å²) < 4.78 is 6.66. The number of nitrogens with one attached hydrogen (secondary N) is 2. The minimum Gasteiger partial charge on any atom is -0.489 e. The van der Waals surface area contributed by atoms with Crippen LogP contribution >= 0.6 is 22.9 Å². The Bertz CT molecular complexity index is 1290. The normalized spacial score (nSPS) is 10.9. The maximum Gasteiger partial charge on any atom is 0.263 e. The number of halogens is 1. The molecule has 4 aromatic rings. The first-order chi connectivity index (χ1) is 16.1. The van der Waals surface area contributed by atoms with Crippen molar-refractivity contribution in [3.63, 3.8) is 0 Å². The molecule has 166 valence electrons. The Morgan fingerprint density at radius 1 is 0.970 bits per heavy atom. The lowest BCUT2D eigenvalue weighted by Gasteiger charge is -2.06. The van der Waals surface area contributed by atoms with Crippen molar-refractivity contribution in [1.82, 2.24) is 10.7 Å². The van der Waals surface area contributed by atoms with Gasteiger partial charge < -0.3 is 10.1 Å². The monoisotopic (exact) mass is 477 g/mol. The van der Waals surface area contributed by atoms with E-state index in [0.717, 1.165) is 27.0 Å². The smallest absolute Gasteiger partial charge is 0.263 e. The van der Waals surface area contributed by atoms with Gasteiger partial charge in [-0.3, -0.25) is 9.59 Å². The van der Waals surface area contributed by atoms with Crippen LogP contribution in [0, 0.1) is 0 Å². The Kier molecular flexibility index (Phi) is 7.34. The Morgan fingerprint density at radius 3 is 2.45 bits per heavy atom. The van der Waals surface area contributed by atoms with E-state index in [0.29, 0.717) is 16.5 Å². The zero-order valence-corrected chi connectivity index (χ0v) is 19.0. The molecule has 0 bridgehead atoms. The first-order valence-electron chi connectivity index (χ1n) is 10.1. The third kappa shape index (κ3) is 5.97. The minimum absolute atomic E-state index is 0.215. The molecule has 0 unspecified atom stereocenters. The number of benzene rings is 3. The zero-order chi connectivity index (χ0) is 23.0. The number of hydrogen-bond donors (Lipinski definition) is 2. The molecule has 33 heavy (non-hydrogen) atoms.